The number of amides is 3. The first-order valence-electron chi connectivity index (χ1n) is 9.62. The number of hydrogen-bond donors (Lipinski definition) is 0. The molecule has 0 saturated carbocycles. The molecule has 4 rings (SSSR count). The van der Waals surface area contributed by atoms with Crippen molar-refractivity contribution in [3.63, 3.8) is 0 Å². The van der Waals surface area contributed by atoms with Gasteiger partial charge < -0.3 is 0 Å². The van der Waals surface area contributed by atoms with Crippen molar-refractivity contribution in [2.24, 2.45) is 0 Å². The summed E-state index contributed by atoms with van der Waals surface area (Å²) < 4.78 is 0. The first kappa shape index (κ1) is 21.7. The van der Waals surface area contributed by atoms with E-state index in [1.807, 2.05) is 6.92 Å². The molecule has 3 aromatic rings. The van der Waals surface area contributed by atoms with Crippen LogP contribution in [0, 0.1) is 6.92 Å². The summed E-state index contributed by atoms with van der Waals surface area (Å²) in [5.74, 6) is -2.61. The van der Waals surface area contributed by atoms with Crippen LogP contribution in [0.3, 0.4) is 0 Å². The topological polar surface area (TPSA) is 74.8 Å². The molecule has 32 heavy (non-hydrogen) atoms. The molecule has 6 nitrogen and oxygen atoms in total. The molecular formula is C24H16Cl2N2O4. The summed E-state index contributed by atoms with van der Waals surface area (Å²) in [7, 11) is 0. The van der Waals surface area contributed by atoms with Gasteiger partial charge in [0, 0.05) is 10.6 Å². The monoisotopic (exact) mass is 466 g/mol. The highest BCUT2D eigenvalue weighted by molar-refractivity contribution is 6.37. The maximum atomic E-state index is 13.4. The number of nitrogens with zero attached hydrogens (tertiary/aromatic N) is 2. The number of halogens is 2. The molecule has 3 amide bonds. The summed E-state index contributed by atoms with van der Waals surface area (Å²) in [4.78, 5) is 52.5. The Morgan fingerprint density at radius 3 is 2.03 bits per heavy atom. The fourth-order valence-electron chi connectivity index (χ4n) is 3.40. The van der Waals surface area contributed by atoms with Crippen molar-refractivity contribution < 1.29 is 19.2 Å². The minimum atomic E-state index is -0.776. The number of rotatable bonds is 5. The van der Waals surface area contributed by atoms with Crippen LogP contribution in [-0.4, -0.2) is 40.1 Å². The molecule has 0 unspecified atom stereocenters. The second-order valence-corrected chi connectivity index (χ2v) is 8.09. The van der Waals surface area contributed by atoms with Crippen LogP contribution < -0.4 is 0 Å². The van der Waals surface area contributed by atoms with E-state index in [1.165, 1.54) is 30.3 Å². The summed E-state index contributed by atoms with van der Waals surface area (Å²) >= 11 is 12.1. The quantitative estimate of drug-likeness (QED) is 0.398. The molecule has 0 aromatic heterocycles. The number of benzene rings is 3. The lowest BCUT2D eigenvalue weighted by Gasteiger charge is -2.29. The van der Waals surface area contributed by atoms with E-state index >= 15 is 0 Å². The zero-order valence-corrected chi connectivity index (χ0v) is 18.4. The lowest BCUT2D eigenvalue weighted by Crippen LogP contribution is -2.51. The maximum absolute atomic E-state index is 13.4. The number of aryl methyl sites for hydroxylation is 1. The van der Waals surface area contributed by atoms with Crippen LogP contribution in [0.1, 0.15) is 47.0 Å². The zero-order chi connectivity index (χ0) is 23.0. The Kier molecular flexibility index (Phi) is 5.82. The van der Waals surface area contributed by atoms with E-state index in [1.54, 1.807) is 36.4 Å². The SMILES string of the molecule is Cc1ccc(C(=O)CN(C(=O)c2ccc(Cl)cc2Cl)N2C(=O)c3ccccc3C2=O)cc1. The summed E-state index contributed by atoms with van der Waals surface area (Å²) in [5, 5.41) is 1.88. The number of carbonyl (C=O) groups excluding carboxylic acids is 4. The van der Waals surface area contributed by atoms with E-state index in [-0.39, 0.29) is 21.7 Å². The highest BCUT2D eigenvalue weighted by atomic mass is 35.5. The molecule has 3 aromatic carbocycles. The van der Waals surface area contributed by atoms with Gasteiger partial charge in [0.15, 0.2) is 5.78 Å². The van der Waals surface area contributed by atoms with Crippen molar-refractivity contribution in [1.29, 1.82) is 0 Å². The average molecular weight is 467 g/mol. The number of hydrazine groups is 1. The van der Waals surface area contributed by atoms with Gasteiger partial charge in [-0.3, -0.25) is 19.2 Å². The van der Waals surface area contributed by atoms with Gasteiger partial charge in [0.25, 0.3) is 17.7 Å². The van der Waals surface area contributed by atoms with Gasteiger partial charge in [0.05, 0.1) is 21.7 Å². The number of carbonyl (C=O) groups is 4. The standard InChI is InChI=1S/C24H16Cl2N2O4/c1-14-6-8-15(9-7-14)21(29)13-27(22(30)19-11-10-16(25)12-20(19)26)28-23(31)17-4-2-3-5-18(17)24(28)32/h2-12H,13H2,1H3. The molecule has 1 aliphatic heterocycles. The highest BCUT2D eigenvalue weighted by Gasteiger charge is 2.42. The predicted molar refractivity (Wildman–Crippen MR) is 120 cm³/mol. The normalized spacial score (nSPS) is 12.7. The Morgan fingerprint density at radius 1 is 0.875 bits per heavy atom. The molecule has 0 aliphatic carbocycles. The fraction of sp³-hybridized carbons (Fsp3) is 0.0833. The summed E-state index contributed by atoms with van der Waals surface area (Å²) in [5.41, 5.74) is 1.61. The molecule has 8 heteroatoms. The summed E-state index contributed by atoms with van der Waals surface area (Å²) in [6.45, 7) is 1.34. The minimum absolute atomic E-state index is 0.00401. The van der Waals surface area contributed by atoms with Crippen LogP contribution in [0.4, 0.5) is 0 Å². The van der Waals surface area contributed by atoms with E-state index in [0.29, 0.717) is 15.6 Å². The van der Waals surface area contributed by atoms with Gasteiger partial charge in [-0.05, 0) is 37.3 Å². The summed E-state index contributed by atoms with van der Waals surface area (Å²) in [6, 6.07) is 17.2. The third-order valence-electron chi connectivity index (χ3n) is 5.08. The molecule has 0 bridgehead atoms. The lowest BCUT2D eigenvalue weighted by molar-refractivity contribution is 0.00532. The van der Waals surface area contributed by atoms with Gasteiger partial charge in [0.1, 0.15) is 6.54 Å². The van der Waals surface area contributed by atoms with E-state index in [2.05, 4.69) is 0 Å². The Hall–Kier alpha value is -3.48. The second kappa shape index (κ2) is 8.57. The molecule has 0 N–H and O–H groups in total. The molecule has 0 fully saturated rings. The van der Waals surface area contributed by atoms with Crippen molar-refractivity contribution in [1.82, 2.24) is 10.0 Å². The first-order valence-corrected chi connectivity index (χ1v) is 10.4. The van der Waals surface area contributed by atoms with Crippen molar-refractivity contribution in [2.45, 2.75) is 6.92 Å². The fourth-order valence-corrected chi connectivity index (χ4v) is 3.89. The number of hydrogen-bond acceptors (Lipinski definition) is 4. The van der Waals surface area contributed by atoms with E-state index in [9.17, 15) is 19.2 Å². The molecule has 0 spiro atoms. The van der Waals surface area contributed by atoms with Gasteiger partial charge in [-0.15, -0.1) is 0 Å². The van der Waals surface area contributed by atoms with Gasteiger partial charge >= 0.3 is 0 Å². The van der Waals surface area contributed by atoms with Gasteiger partial charge in [-0.2, -0.15) is 5.01 Å². The van der Waals surface area contributed by atoms with Crippen LogP contribution in [0.25, 0.3) is 0 Å². The molecule has 0 atom stereocenters. The maximum Gasteiger partial charge on any atom is 0.280 e. The lowest BCUT2D eigenvalue weighted by atomic mass is 10.1. The molecule has 1 aliphatic rings. The van der Waals surface area contributed by atoms with Crippen molar-refractivity contribution in [3.8, 4) is 0 Å². The van der Waals surface area contributed by atoms with Crippen LogP contribution in [0.15, 0.2) is 66.7 Å². The Bertz CT molecular complexity index is 1240. The summed E-state index contributed by atoms with van der Waals surface area (Å²) in [6.07, 6.45) is 0. The number of Topliss-reactive ketones (excluding diaryl/α,β-unsaturated/α-hetero) is 1. The van der Waals surface area contributed by atoms with Gasteiger partial charge in [-0.1, -0.05) is 65.2 Å². The molecule has 1 heterocycles. The molecule has 0 radical (unpaired) electrons. The van der Waals surface area contributed by atoms with E-state index in [4.69, 9.17) is 23.2 Å². The van der Waals surface area contributed by atoms with Crippen molar-refractivity contribution >= 4 is 46.7 Å². The van der Waals surface area contributed by atoms with Gasteiger partial charge in [-0.25, -0.2) is 5.01 Å². The number of imide groups is 1. The first-order chi connectivity index (χ1) is 15.3. The van der Waals surface area contributed by atoms with Crippen LogP contribution in [-0.2, 0) is 0 Å². The van der Waals surface area contributed by atoms with E-state index < -0.39 is 30.0 Å². The van der Waals surface area contributed by atoms with E-state index in [0.717, 1.165) is 10.6 Å². The van der Waals surface area contributed by atoms with Crippen LogP contribution in [0.5, 0.6) is 0 Å². The van der Waals surface area contributed by atoms with Gasteiger partial charge in [0.2, 0.25) is 0 Å². The third-order valence-corrected chi connectivity index (χ3v) is 5.62. The Balaban J connectivity index is 1.75. The number of fused-ring (bicyclic) bond motifs is 1. The molecular weight excluding hydrogens is 451 g/mol. The Labute approximate surface area is 193 Å². The molecule has 0 saturated heterocycles. The molecule has 160 valence electrons. The van der Waals surface area contributed by atoms with Crippen LogP contribution in [0.2, 0.25) is 10.0 Å². The largest absolute Gasteiger partial charge is 0.292 e. The van der Waals surface area contributed by atoms with Crippen molar-refractivity contribution in [2.75, 3.05) is 6.54 Å². The second-order valence-electron chi connectivity index (χ2n) is 7.24. The number of ketones is 1. The average Bonchev–Trinajstić information content (AvgIpc) is 3.02. The van der Waals surface area contributed by atoms with Crippen molar-refractivity contribution in [3.05, 3.63) is 105 Å². The smallest absolute Gasteiger partial charge is 0.280 e. The predicted octanol–water partition coefficient (Wildman–Crippen LogP) is 4.84. The Morgan fingerprint density at radius 2 is 1.47 bits per heavy atom. The minimum Gasteiger partial charge on any atom is -0.292 e. The van der Waals surface area contributed by atoms with Crippen LogP contribution >= 0.6 is 23.2 Å². The third kappa shape index (κ3) is 3.90. The highest BCUT2D eigenvalue weighted by Crippen LogP contribution is 2.28. The zero-order valence-electron chi connectivity index (χ0n) is 16.8.